The molecule has 6 nitrogen and oxygen atoms in total. The fraction of sp³-hybridized carbons (Fsp3) is 0.188. The number of anilines is 1. The lowest BCUT2D eigenvalue weighted by atomic mass is 10.3. The van der Waals surface area contributed by atoms with Crippen LogP contribution in [0.25, 0.3) is 0 Å². The van der Waals surface area contributed by atoms with Crippen molar-refractivity contribution in [3.05, 3.63) is 54.3 Å². The Morgan fingerprint density at radius 3 is 2.64 bits per heavy atom. The third kappa shape index (κ3) is 6.16. The second-order valence-corrected chi connectivity index (χ2v) is 6.95. The highest BCUT2D eigenvalue weighted by atomic mass is 127. The zero-order valence-electron chi connectivity index (χ0n) is 13.5. The zero-order valence-corrected chi connectivity index (χ0v) is 16.6. The Balaban J connectivity index is 0.00000312. The van der Waals surface area contributed by atoms with Crippen LogP contribution < -0.4 is 15.8 Å². The summed E-state index contributed by atoms with van der Waals surface area (Å²) in [6.07, 6.45) is 0. The molecular formula is C16H19FIN3O3S. The molecule has 0 aliphatic rings. The Morgan fingerprint density at radius 1 is 1.24 bits per heavy atom. The number of sulfone groups is 1. The van der Waals surface area contributed by atoms with Gasteiger partial charge in [0.25, 0.3) is 0 Å². The number of benzene rings is 2. The monoisotopic (exact) mass is 479 g/mol. The molecule has 0 saturated heterocycles. The van der Waals surface area contributed by atoms with E-state index in [0.29, 0.717) is 11.4 Å². The van der Waals surface area contributed by atoms with Crippen molar-refractivity contribution in [3.63, 3.8) is 0 Å². The lowest BCUT2D eigenvalue weighted by Crippen LogP contribution is -2.24. The first kappa shape index (κ1) is 21.2. The average Bonchev–Trinajstić information content (AvgIpc) is 2.55. The van der Waals surface area contributed by atoms with Gasteiger partial charge in [-0.15, -0.1) is 24.0 Å². The maximum Gasteiger partial charge on any atom is 0.193 e. The summed E-state index contributed by atoms with van der Waals surface area (Å²) in [4.78, 5) is 3.62. The molecule has 3 N–H and O–H groups in total. The fourth-order valence-electron chi connectivity index (χ4n) is 1.98. The molecule has 0 aliphatic heterocycles. The van der Waals surface area contributed by atoms with Gasteiger partial charge in [0.1, 0.15) is 16.5 Å². The summed E-state index contributed by atoms with van der Waals surface area (Å²) in [5.74, 6) is -0.403. The number of aliphatic imine (C=N–C) groups is 1. The molecule has 0 heterocycles. The largest absolute Gasteiger partial charge is 0.497 e. The van der Waals surface area contributed by atoms with Crippen molar-refractivity contribution in [1.29, 1.82) is 0 Å². The van der Waals surface area contributed by atoms with Gasteiger partial charge < -0.3 is 15.8 Å². The van der Waals surface area contributed by atoms with E-state index in [4.69, 9.17) is 10.5 Å². The first-order valence-electron chi connectivity index (χ1n) is 7.10. The van der Waals surface area contributed by atoms with E-state index in [1.807, 2.05) is 0 Å². The number of rotatable bonds is 6. The van der Waals surface area contributed by atoms with Crippen molar-refractivity contribution >= 4 is 45.5 Å². The number of ether oxygens (including phenoxy) is 1. The summed E-state index contributed by atoms with van der Waals surface area (Å²) in [5, 5.41) is 2.83. The Labute approximate surface area is 163 Å². The van der Waals surface area contributed by atoms with E-state index in [0.717, 1.165) is 6.07 Å². The first-order chi connectivity index (χ1) is 11.4. The molecular weight excluding hydrogens is 460 g/mol. The van der Waals surface area contributed by atoms with Crippen molar-refractivity contribution in [1.82, 2.24) is 0 Å². The van der Waals surface area contributed by atoms with E-state index in [2.05, 4.69) is 10.3 Å². The average molecular weight is 479 g/mol. The van der Waals surface area contributed by atoms with Gasteiger partial charge in [0, 0.05) is 11.8 Å². The molecule has 0 unspecified atom stereocenters. The van der Waals surface area contributed by atoms with Crippen LogP contribution in [-0.2, 0) is 9.84 Å². The summed E-state index contributed by atoms with van der Waals surface area (Å²) in [6, 6.07) is 12.3. The van der Waals surface area contributed by atoms with Crippen LogP contribution in [0.5, 0.6) is 5.75 Å². The van der Waals surface area contributed by atoms with Crippen LogP contribution in [0.4, 0.5) is 10.1 Å². The second-order valence-electron chi connectivity index (χ2n) is 4.87. The number of guanidine groups is 1. The van der Waals surface area contributed by atoms with Gasteiger partial charge in [-0.1, -0.05) is 18.2 Å². The van der Waals surface area contributed by atoms with Gasteiger partial charge in [0.2, 0.25) is 0 Å². The maximum atomic E-state index is 13.6. The second kappa shape index (κ2) is 9.56. The maximum absolute atomic E-state index is 13.6. The molecule has 0 spiro atoms. The summed E-state index contributed by atoms with van der Waals surface area (Å²) in [6.45, 7) is -0.0839. The molecule has 0 atom stereocenters. The van der Waals surface area contributed by atoms with Crippen LogP contribution in [0.2, 0.25) is 0 Å². The van der Waals surface area contributed by atoms with Crippen molar-refractivity contribution in [2.24, 2.45) is 10.7 Å². The summed E-state index contributed by atoms with van der Waals surface area (Å²) in [7, 11) is -2.21. The minimum atomic E-state index is -3.76. The van der Waals surface area contributed by atoms with E-state index in [1.165, 1.54) is 18.2 Å². The number of hydrogen-bond acceptors (Lipinski definition) is 4. The van der Waals surface area contributed by atoms with Gasteiger partial charge in [0.15, 0.2) is 15.8 Å². The van der Waals surface area contributed by atoms with Crippen LogP contribution in [0.15, 0.2) is 58.4 Å². The minimum Gasteiger partial charge on any atom is -0.497 e. The highest BCUT2D eigenvalue weighted by Crippen LogP contribution is 2.17. The lowest BCUT2D eigenvalue weighted by Gasteiger charge is -2.08. The molecule has 9 heteroatoms. The third-order valence-corrected chi connectivity index (χ3v) is 4.88. The predicted octanol–water partition coefficient (Wildman–Crippen LogP) is 2.65. The van der Waals surface area contributed by atoms with Crippen LogP contribution in [0, 0.1) is 5.82 Å². The molecule has 0 radical (unpaired) electrons. The minimum absolute atomic E-state index is 0. The van der Waals surface area contributed by atoms with Gasteiger partial charge in [-0.05, 0) is 24.3 Å². The van der Waals surface area contributed by atoms with Gasteiger partial charge >= 0.3 is 0 Å². The van der Waals surface area contributed by atoms with E-state index in [-0.39, 0.29) is 47.1 Å². The number of halogens is 2. The van der Waals surface area contributed by atoms with Crippen molar-refractivity contribution in [2.45, 2.75) is 4.90 Å². The molecule has 0 amide bonds. The fourth-order valence-corrected chi connectivity index (χ4v) is 3.18. The van der Waals surface area contributed by atoms with Gasteiger partial charge in [-0.3, -0.25) is 4.99 Å². The molecule has 25 heavy (non-hydrogen) atoms. The molecule has 136 valence electrons. The lowest BCUT2D eigenvalue weighted by molar-refractivity contribution is 0.415. The van der Waals surface area contributed by atoms with Crippen molar-refractivity contribution in [3.8, 4) is 5.75 Å². The number of nitrogens with zero attached hydrogens (tertiary/aromatic N) is 1. The number of nitrogens with two attached hydrogens (primary N) is 1. The van der Waals surface area contributed by atoms with E-state index in [1.54, 1.807) is 31.4 Å². The van der Waals surface area contributed by atoms with Gasteiger partial charge in [0.05, 0.1) is 19.4 Å². The van der Waals surface area contributed by atoms with Crippen molar-refractivity contribution in [2.75, 3.05) is 24.7 Å². The number of nitrogens with one attached hydrogen (secondary N) is 1. The summed E-state index contributed by atoms with van der Waals surface area (Å²) < 4.78 is 42.8. The first-order valence-corrected chi connectivity index (χ1v) is 8.76. The zero-order chi connectivity index (χ0) is 17.6. The molecule has 2 rings (SSSR count). The standard InChI is InChI=1S/C16H18FN3O3S.HI/c1-23-13-6-4-5-12(11-13)20-16(18)19-9-10-24(21,22)15-8-3-2-7-14(15)17;/h2-8,11H,9-10H2,1H3,(H3,18,19,20);1H. The van der Waals surface area contributed by atoms with E-state index >= 15 is 0 Å². The van der Waals surface area contributed by atoms with Gasteiger partial charge in [-0.2, -0.15) is 0 Å². The smallest absolute Gasteiger partial charge is 0.193 e. The molecule has 2 aromatic carbocycles. The van der Waals surface area contributed by atoms with Crippen LogP contribution in [0.3, 0.4) is 0 Å². The summed E-state index contributed by atoms with van der Waals surface area (Å²) >= 11 is 0. The normalized spacial score (nSPS) is 11.5. The third-order valence-electron chi connectivity index (χ3n) is 3.16. The molecule has 0 aliphatic carbocycles. The number of hydrogen-bond donors (Lipinski definition) is 2. The SMILES string of the molecule is COc1cccc(NC(N)=NCCS(=O)(=O)c2ccccc2F)c1.I. The highest BCUT2D eigenvalue weighted by Gasteiger charge is 2.18. The van der Waals surface area contributed by atoms with Crippen LogP contribution in [-0.4, -0.2) is 33.8 Å². The van der Waals surface area contributed by atoms with Crippen LogP contribution in [0.1, 0.15) is 0 Å². The molecule has 0 bridgehead atoms. The Bertz CT molecular complexity index is 844. The predicted molar refractivity (Wildman–Crippen MR) is 107 cm³/mol. The summed E-state index contributed by atoms with van der Waals surface area (Å²) in [5.41, 5.74) is 6.38. The topological polar surface area (TPSA) is 93.8 Å². The highest BCUT2D eigenvalue weighted by molar-refractivity contribution is 14.0. The molecule has 0 fully saturated rings. The van der Waals surface area contributed by atoms with Crippen LogP contribution >= 0.6 is 24.0 Å². The molecule has 2 aromatic rings. The Morgan fingerprint density at radius 2 is 1.96 bits per heavy atom. The number of methoxy groups -OCH3 is 1. The van der Waals surface area contributed by atoms with Gasteiger partial charge in [-0.25, -0.2) is 12.8 Å². The van der Waals surface area contributed by atoms with Crippen molar-refractivity contribution < 1.29 is 17.5 Å². The molecule has 0 aromatic heterocycles. The van der Waals surface area contributed by atoms with E-state index < -0.39 is 15.7 Å². The Hall–Kier alpha value is -1.88. The Kier molecular flexibility index (Phi) is 8.10. The van der Waals surface area contributed by atoms with E-state index in [9.17, 15) is 12.8 Å². The quantitative estimate of drug-likeness (QED) is 0.378. The molecule has 0 saturated carbocycles.